The molecular weight excluding hydrogens is 621 g/mol. The minimum atomic E-state index is -3.23. The molecule has 2 bridgehead atoms. The number of phenolic OH excluding ortho intramolecular Hbond substituents is 1. The van der Waals surface area contributed by atoms with Gasteiger partial charge in [-0.1, -0.05) is 12.1 Å². The molecule has 2 aromatic heterocycles. The lowest BCUT2D eigenvalue weighted by Crippen LogP contribution is -2.47. The second kappa shape index (κ2) is 10.6. The average Bonchev–Trinajstić information content (AvgIpc) is 3.55. The third-order valence-electron chi connectivity index (χ3n) is 10.2. The first kappa shape index (κ1) is 29.1. The molecule has 2 aromatic carbocycles. The van der Waals surface area contributed by atoms with E-state index in [1.165, 1.54) is 24.0 Å². The van der Waals surface area contributed by atoms with E-state index in [0.717, 1.165) is 35.1 Å². The Labute approximate surface area is 263 Å². The van der Waals surface area contributed by atoms with Gasteiger partial charge >= 0.3 is 6.01 Å². The molecule has 6 heterocycles. The third-order valence-corrected chi connectivity index (χ3v) is 13.6. The number of aromatic nitrogens is 3. The van der Waals surface area contributed by atoms with E-state index in [1.807, 2.05) is 29.4 Å². The average molecular weight is 654 g/mol. The number of thioether (sulfide) groups is 1. The molecule has 1 N–H and O–H groups in total. The molecule has 0 saturated carbocycles. The second-order valence-electron chi connectivity index (χ2n) is 12.7. The van der Waals surface area contributed by atoms with Crippen LogP contribution in [0, 0.1) is 5.82 Å². The number of anilines is 1. The maximum Gasteiger partial charge on any atom is 0.319 e. The van der Waals surface area contributed by atoms with Gasteiger partial charge in [0.25, 0.3) is 0 Å². The van der Waals surface area contributed by atoms with Crippen LogP contribution in [0.25, 0.3) is 32.9 Å². The molecule has 4 atom stereocenters. The molecule has 0 amide bonds. The fourth-order valence-corrected chi connectivity index (χ4v) is 10.9. The number of fused-ring (bicyclic) bond motifs is 5. The monoisotopic (exact) mass is 653 g/mol. The van der Waals surface area contributed by atoms with E-state index < -0.39 is 37.9 Å². The minimum Gasteiger partial charge on any atom is -0.508 e. The molecule has 8 rings (SSSR count). The van der Waals surface area contributed by atoms with Crippen LogP contribution in [-0.4, -0.2) is 94.6 Å². The van der Waals surface area contributed by atoms with Gasteiger partial charge in [-0.05, 0) is 62.1 Å². The van der Waals surface area contributed by atoms with Crippen LogP contribution < -0.4 is 9.64 Å². The van der Waals surface area contributed by atoms with Crippen LogP contribution >= 0.6 is 11.8 Å². The number of aromatic hydroxyl groups is 1. The summed E-state index contributed by atoms with van der Waals surface area (Å²) in [6.07, 6.45) is 5.81. The molecule has 4 saturated heterocycles. The maximum absolute atomic E-state index is 16.8. The molecule has 0 radical (unpaired) electrons. The van der Waals surface area contributed by atoms with Crippen molar-refractivity contribution in [3.63, 3.8) is 0 Å². The zero-order valence-electron chi connectivity index (χ0n) is 24.7. The lowest BCUT2D eigenvalue weighted by atomic mass is 9.95. The van der Waals surface area contributed by atoms with E-state index in [9.17, 15) is 17.9 Å². The highest BCUT2D eigenvalue weighted by atomic mass is 32.2. The minimum absolute atomic E-state index is 0.00512. The van der Waals surface area contributed by atoms with Gasteiger partial charge in [0.1, 0.15) is 35.6 Å². The van der Waals surface area contributed by atoms with Crippen molar-refractivity contribution in [2.24, 2.45) is 0 Å². The summed E-state index contributed by atoms with van der Waals surface area (Å²) in [5.41, 5.74) is -0.000226. The summed E-state index contributed by atoms with van der Waals surface area (Å²) in [7, 11) is -3.23. The lowest BCUT2D eigenvalue weighted by molar-refractivity contribution is 0.107. The standard InChI is InChI=1S/C32H33F2N5O4S2/c1-44-25-5-2-4-18-10-20(40)11-23(26(18)25)28-27(34)29-24(13-35-28)30(38-15-21-6-7-22(16-38)45(21,41)42)37-31(36-29)43-17-32-8-3-9-39(32)14-19(33)12-32/h2,4-5,10-11,13,19,21-22,40H,3,6-9,12,14-17H2,1H3/t19-,21?,22?,32+/m1/s1. The molecular formula is C32H33F2N5O4S2. The van der Waals surface area contributed by atoms with Gasteiger partial charge in [0.15, 0.2) is 15.7 Å². The fourth-order valence-electron chi connectivity index (χ4n) is 8.00. The Kier molecular flexibility index (Phi) is 6.88. The number of alkyl halides is 1. The summed E-state index contributed by atoms with van der Waals surface area (Å²) in [5.74, 6) is -0.333. The first-order chi connectivity index (χ1) is 21.7. The number of hydrogen-bond acceptors (Lipinski definition) is 10. The van der Waals surface area contributed by atoms with Crippen LogP contribution in [0.2, 0.25) is 0 Å². The lowest BCUT2D eigenvalue weighted by Gasteiger charge is -2.33. The Hall–Kier alpha value is -3.29. The highest BCUT2D eigenvalue weighted by Gasteiger charge is 2.50. The molecule has 236 valence electrons. The Morgan fingerprint density at radius 3 is 2.73 bits per heavy atom. The van der Waals surface area contributed by atoms with Crippen molar-refractivity contribution in [2.45, 2.75) is 59.2 Å². The molecule has 2 unspecified atom stereocenters. The largest absolute Gasteiger partial charge is 0.508 e. The van der Waals surface area contributed by atoms with Crippen molar-refractivity contribution in [2.75, 3.05) is 43.9 Å². The number of benzene rings is 2. The summed E-state index contributed by atoms with van der Waals surface area (Å²) in [5, 5.41) is 11.4. The van der Waals surface area contributed by atoms with Gasteiger partial charge in [-0.2, -0.15) is 9.97 Å². The SMILES string of the molecule is CSc1cccc2cc(O)cc(-c3ncc4c(N5CC6CCC(C5)S6(=O)=O)nc(OC[C@@]56CCCN5C[C@H](F)C6)nc4c3F)c12. The molecule has 9 nitrogen and oxygen atoms in total. The van der Waals surface area contributed by atoms with E-state index in [2.05, 4.69) is 14.9 Å². The van der Waals surface area contributed by atoms with Crippen molar-refractivity contribution >= 4 is 49.1 Å². The first-order valence-electron chi connectivity index (χ1n) is 15.3. The Morgan fingerprint density at radius 1 is 1.16 bits per heavy atom. The van der Waals surface area contributed by atoms with Crippen molar-refractivity contribution in [1.29, 1.82) is 0 Å². The van der Waals surface area contributed by atoms with Crippen LogP contribution in [-0.2, 0) is 9.84 Å². The van der Waals surface area contributed by atoms with Crippen LogP contribution in [0.4, 0.5) is 14.6 Å². The zero-order chi connectivity index (χ0) is 31.1. The summed E-state index contributed by atoms with van der Waals surface area (Å²) in [4.78, 5) is 18.8. The van der Waals surface area contributed by atoms with Gasteiger partial charge < -0.3 is 14.7 Å². The highest BCUT2D eigenvalue weighted by molar-refractivity contribution is 7.98. The van der Waals surface area contributed by atoms with Crippen molar-refractivity contribution in [1.82, 2.24) is 19.9 Å². The topological polar surface area (TPSA) is 109 Å². The van der Waals surface area contributed by atoms with Crippen LogP contribution in [0.3, 0.4) is 0 Å². The number of rotatable bonds is 6. The predicted molar refractivity (Wildman–Crippen MR) is 170 cm³/mol. The van der Waals surface area contributed by atoms with Gasteiger partial charge in [0.2, 0.25) is 0 Å². The van der Waals surface area contributed by atoms with Gasteiger partial charge in [-0.3, -0.25) is 9.88 Å². The molecule has 4 aliphatic heterocycles. The van der Waals surface area contributed by atoms with Crippen molar-refractivity contribution < 1.29 is 27.0 Å². The molecule has 4 aromatic rings. The normalized spacial score (nSPS) is 27.4. The van der Waals surface area contributed by atoms with Crippen molar-refractivity contribution in [3.05, 3.63) is 42.3 Å². The Morgan fingerprint density at radius 2 is 1.96 bits per heavy atom. The van der Waals surface area contributed by atoms with E-state index >= 15 is 4.39 Å². The molecule has 4 aliphatic rings. The molecule has 4 fully saturated rings. The van der Waals surface area contributed by atoms with Crippen LogP contribution in [0.15, 0.2) is 41.4 Å². The summed E-state index contributed by atoms with van der Waals surface area (Å²) >= 11 is 1.51. The van der Waals surface area contributed by atoms with Crippen molar-refractivity contribution in [3.8, 4) is 23.0 Å². The number of sulfone groups is 1. The predicted octanol–water partition coefficient (Wildman–Crippen LogP) is 5.13. The number of halogens is 2. The Balaban J connectivity index is 1.27. The number of phenols is 1. The first-order valence-corrected chi connectivity index (χ1v) is 18.2. The highest BCUT2D eigenvalue weighted by Crippen LogP contribution is 2.43. The van der Waals surface area contributed by atoms with Gasteiger partial charge in [0, 0.05) is 48.1 Å². The number of ether oxygens (including phenoxy) is 1. The van der Waals surface area contributed by atoms with Crippen LogP contribution in [0.5, 0.6) is 11.8 Å². The summed E-state index contributed by atoms with van der Waals surface area (Å²) in [6.45, 7) is 1.83. The van der Waals surface area contributed by atoms with E-state index in [-0.39, 0.29) is 42.7 Å². The maximum atomic E-state index is 16.8. The smallest absolute Gasteiger partial charge is 0.319 e. The number of pyridine rings is 1. The quantitative estimate of drug-likeness (QED) is 0.281. The van der Waals surface area contributed by atoms with E-state index in [4.69, 9.17) is 9.72 Å². The van der Waals surface area contributed by atoms with Gasteiger partial charge in [0.05, 0.1) is 21.4 Å². The third kappa shape index (κ3) is 4.64. The second-order valence-corrected chi connectivity index (χ2v) is 16.1. The molecule has 45 heavy (non-hydrogen) atoms. The Bertz CT molecular complexity index is 1940. The molecule has 0 spiro atoms. The van der Waals surface area contributed by atoms with E-state index in [0.29, 0.717) is 42.6 Å². The van der Waals surface area contributed by atoms with Gasteiger partial charge in [-0.15, -0.1) is 11.8 Å². The molecule has 0 aliphatic carbocycles. The fraction of sp³-hybridized carbons (Fsp3) is 0.469. The van der Waals surface area contributed by atoms with Crippen LogP contribution in [0.1, 0.15) is 32.1 Å². The summed E-state index contributed by atoms with van der Waals surface area (Å²) in [6, 6.07) is 8.79. The molecule has 13 heteroatoms. The van der Waals surface area contributed by atoms with Gasteiger partial charge in [-0.25, -0.2) is 17.2 Å². The summed E-state index contributed by atoms with van der Waals surface area (Å²) < 4.78 is 63.3. The van der Waals surface area contributed by atoms with E-state index in [1.54, 1.807) is 6.07 Å². The number of hydrogen-bond donors (Lipinski definition) is 1. The number of nitrogens with zero attached hydrogens (tertiary/aromatic N) is 5. The zero-order valence-corrected chi connectivity index (χ0v) is 26.4.